The van der Waals surface area contributed by atoms with Crippen molar-refractivity contribution in [3.8, 4) is 11.5 Å². The molecular formula is C22H23FN2O5. The summed E-state index contributed by atoms with van der Waals surface area (Å²) in [6.07, 6.45) is 0.598. The molecule has 2 aromatic carbocycles. The summed E-state index contributed by atoms with van der Waals surface area (Å²) in [7, 11) is 3.10. The van der Waals surface area contributed by atoms with Crippen molar-refractivity contribution in [1.29, 1.82) is 0 Å². The first kappa shape index (κ1) is 21.3. The molecule has 0 radical (unpaired) electrons. The van der Waals surface area contributed by atoms with Gasteiger partial charge in [-0.2, -0.15) is 5.10 Å². The van der Waals surface area contributed by atoms with Crippen LogP contribution in [0.15, 0.2) is 47.6 Å². The summed E-state index contributed by atoms with van der Waals surface area (Å²) in [6.45, 7) is 0. The van der Waals surface area contributed by atoms with E-state index in [1.54, 1.807) is 38.5 Å². The number of methoxy groups -OCH3 is 2. The molecule has 30 heavy (non-hydrogen) atoms. The number of benzene rings is 2. The van der Waals surface area contributed by atoms with Gasteiger partial charge in [-0.15, -0.1) is 0 Å². The molecule has 0 bridgehead atoms. The molecule has 1 aliphatic heterocycles. The Labute approximate surface area is 173 Å². The molecule has 0 fully saturated rings. The highest BCUT2D eigenvalue weighted by atomic mass is 19.1. The minimum atomic E-state index is -0.952. The van der Waals surface area contributed by atoms with Gasteiger partial charge in [0.05, 0.1) is 26.0 Å². The number of carboxylic acids is 1. The fraction of sp³-hybridized carbons (Fsp3) is 0.318. The lowest BCUT2D eigenvalue weighted by Crippen LogP contribution is -2.27. The van der Waals surface area contributed by atoms with Crippen molar-refractivity contribution in [1.82, 2.24) is 5.01 Å². The Hall–Kier alpha value is -3.42. The molecule has 0 saturated heterocycles. The topological polar surface area (TPSA) is 88.4 Å². The standard InChI is InChI=1S/C22H23FN2O5/c1-29-16-10-11-17(20(12-16)30-2)18-13-19(14-6-8-15(23)9-7-14)25(24-18)21(26)4-3-5-22(27)28/h6-12,19H,3-5,13H2,1-2H3,(H,27,28)/t19-/m0/s1. The van der Waals surface area contributed by atoms with Gasteiger partial charge >= 0.3 is 5.97 Å². The molecule has 158 valence electrons. The molecule has 8 heteroatoms. The molecular weight excluding hydrogens is 391 g/mol. The largest absolute Gasteiger partial charge is 0.497 e. The molecule has 1 aliphatic rings. The zero-order valence-corrected chi connectivity index (χ0v) is 16.8. The monoisotopic (exact) mass is 414 g/mol. The van der Waals surface area contributed by atoms with Gasteiger partial charge in [-0.1, -0.05) is 12.1 Å². The van der Waals surface area contributed by atoms with Crippen LogP contribution in [0, 0.1) is 5.82 Å². The summed E-state index contributed by atoms with van der Waals surface area (Å²) in [6, 6.07) is 10.9. The van der Waals surface area contributed by atoms with Gasteiger partial charge in [0.15, 0.2) is 0 Å². The number of aliphatic carboxylic acids is 1. The van der Waals surface area contributed by atoms with Crippen LogP contribution in [-0.2, 0) is 9.59 Å². The third-order valence-corrected chi connectivity index (χ3v) is 4.92. The van der Waals surface area contributed by atoms with Crippen molar-refractivity contribution < 1.29 is 28.6 Å². The van der Waals surface area contributed by atoms with Gasteiger partial charge in [-0.25, -0.2) is 9.40 Å². The van der Waals surface area contributed by atoms with Crippen molar-refractivity contribution in [3.63, 3.8) is 0 Å². The number of ether oxygens (including phenoxy) is 2. The van der Waals surface area contributed by atoms with Gasteiger partial charge in [-0.3, -0.25) is 9.59 Å². The third-order valence-electron chi connectivity index (χ3n) is 4.92. The van der Waals surface area contributed by atoms with Crippen molar-refractivity contribution in [2.75, 3.05) is 14.2 Å². The highest BCUT2D eigenvalue weighted by Gasteiger charge is 2.33. The van der Waals surface area contributed by atoms with Crippen molar-refractivity contribution in [2.45, 2.75) is 31.7 Å². The van der Waals surface area contributed by atoms with Gasteiger partial charge in [0.2, 0.25) is 5.91 Å². The molecule has 1 heterocycles. The SMILES string of the molecule is COc1ccc(C2=NN(C(=O)CCCC(=O)O)[C@H](c3ccc(F)cc3)C2)c(OC)c1. The zero-order chi connectivity index (χ0) is 21.7. The van der Waals surface area contributed by atoms with E-state index in [-0.39, 0.29) is 31.0 Å². The van der Waals surface area contributed by atoms with Crippen molar-refractivity contribution in [2.24, 2.45) is 5.10 Å². The van der Waals surface area contributed by atoms with Crippen LogP contribution in [0.2, 0.25) is 0 Å². The lowest BCUT2D eigenvalue weighted by atomic mass is 9.97. The second-order valence-electron chi connectivity index (χ2n) is 6.87. The Morgan fingerprint density at radius 3 is 2.50 bits per heavy atom. The van der Waals surface area contributed by atoms with E-state index in [4.69, 9.17) is 14.6 Å². The fourth-order valence-electron chi connectivity index (χ4n) is 3.39. The Morgan fingerprint density at radius 1 is 1.13 bits per heavy atom. The number of nitrogens with zero attached hydrogens (tertiary/aromatic N) is 2. The molecule has 1 N–H and O–H groups in total. The second kappa shape index (κ2) is 9.39. The van der Waals surface area contributed by atoms with E-state index in [0.29, 0.717) is 23.6 Å². The number of hydrogen-bond donors (Lipinski definition) is 1. The van der Waals surface area contributed by atoms with Crippen LogP contribution in [0.1, 0.15) is 42.9 Å². The van der Waals surface area contributed by atoms with E-state index in [1.807, 2.05) is 6.07 Å². The Morgan fingerprint density at radius 2 is 1.87 bits per heavy atom. The molecule has 3 rings (SSSR count). The van der Waals surface area contributed by atoms with Crippen LogP contribution < -0.4 is 9.47 Å². The smallest absolute Gasteiger partial charge is 0.303 e. The van der Waals surface area contributed by atoms with Gasteiger partial charge in [-0.05, 0) is 36.2 Å². The van der Waals surface area contributed by atoms with Crippen LogP contribution >= 0.6 is 0 Å². The van der Waals surface area contributed by atoms with Crippen LogP contribution in [0.4, 0.5) is 4.39 Å². The summed E-state index contributed by atoms with van der Waals surface area (Å²) in [5, 5.41) is 14.7. The van der Waals surface area contributed by atoms with Crippen LogP contribution in [0.3, 0.4) is 0 Å². The number of halogens is 1. The number of amides is 1. The first-order chi connectivity index (χ1) is 14.4. The lowest BCUT2D eigenvalue weighted by molar-refractivity contribution is -0.137. The minimum Gasteiger partial charge on any atom is -0.497 e. The van der Waals surface area contributed by atoms with Gasteiger partial charge < -0.3 is 14.6 Å². The molecule has 1 amide bonds. The van der Waals surface area contributed by atoms with Crippen LogP contribution in [0.5, 0.6) is 11.5 Å². The normalized spacial score (nSPS) is 15.6. The highest BCUT2D eigenvalue weighted by Crippen LogP contribution is 2.36. The number of hydrazone groups is 1. The van der Waals surface area contributed by atoms with Gasteiger partial charge in [0, 0.05) is 30.9 Å². The zero-order valence-electron chi connectivity index (χ0n) is 16.8. The van der Waals surface area contributed by atoms with E-state index in [2.05, 4.69) is 5.10 Å². The number of carboxylic acid groups (broad SMARTS) is 1. The number of carbonyl (C=O) groups excluding carboxylic acids is 1. The van der Waals surface area contributed by atoms with Crippen molar-refractivity contribution in [3.05, 3.63) is 59.4 Å². The van der Waals surface area contributed by atoms with Crippen LogP contribution in [0.25, 0.3) is 0 Å². The highest BCUT2D eigenvalue weighted by molar-refractivity contribution is 6.05. The predicted octanol–water partition coefficient (Wildman–Crippen LogP) is 3.78. The number of rotatable bonds is 8. The summed E-state index contributed by atoms with van der Waals surface area (Å²) in [4.78, 5) is 23.6. The molecule has 7 nitrogen and oxygen atoms in total. The van der Waals surface area contributed by atoms with E-state index in [1.165, 1.54) is 17.1 Å². The van der Waals surface area contributed by atoms with E-state index < -0.39 is 12.0 Å². The maximum atomic E-state index is 13.4. The maximum absolute atomic E-state index is 13.4. The Kier molecular flexibility index (Phi) is 6.66. The van der Waals surface area contributed by atoms with E-state index in [0.717, 1.165) is 11.1 Å². The van der Waals surface area contributed by atoms with Crippen LogP contribution in [-0.4, -0.2) is 41.9 Å². The quantitative estimate of drug-likeness (QED) is 0.710. The fourth-order valence-corrected chi connectivity index (χ4v) is 3.39. The average molecular weight is 414 g/mol. The Bertz CT molecular complexity index is 959. The molecule has 0 spiro atoms. The van der Waals surface area contributed by atoms with Crippen molar-refractivity contribution >= 4 is 17.6 Å². The maximum Gasteiger partial charge on any atom is 0.303 e. The Balaban J connectivity index is 1.92. The molecule has 0 saturated carbocycles. The number of carbonyl (C=O) groups is 2. The van der Waals surface area contributed by atoms with Gasteiger partial charge in [0.1, 0.15) is 17.3 Å². The molecule has 0 unspecified atom stereocenters. The summed E-state index contributed by atoms with van der Waals surface area (Å²) < 4.78 is 24.1. The summed E-state index contributed by atoms with van der Waals surface area (Å²) >= 11 is 0. The summed E-state index contributed by atoms with van der Waals surface area (Å²) in [5.74, 6) is -0.411. The second-order valence-corrected chi connectivity index (χ2v) is 6.87. The third kappa shape index (κ3) is 4.76. The lowest BCUT2D eigenvalue weighted by Gasteiger charge is -2.22. The number of hydrogen-bond acceptors (Lipinski definition) is 5. The molecule has 2 aromatic rings. The predicted molar refractivity (Wildman–Crippen MR) is 108 cm³/mol. The first-order valence-electron chi connectivity index (χ1n) is 9.52. The van der Waals surface area contributed by atoms with E-state index >= 15 is 0 Å². The first-order valence-corrected chi connectivity index (χ1v) is 9.52. The molecule has 1 atom stereocenters. The summed E-state index contributed by atoms with van der Waals surface area (Å²) in [5.41, 5.74) is 2.12. The molecule has 0 aliphatic carbocycles. The average Bonchev–Trinajstić information content (AvgIpc) is 3.18. The van der Waals surface area contributed by atoms with Gasteiger partial charge in [0.25, 0.3) is 0 Å². The molecule has 0 aromatic heterocycles. The minimum absolute atomic E-state index is 0.0561. The van der Waals surface area contributed by atoms with E-state index in [9.17, 15) is 14.0 Å².